The Kier molecular flexibility index (Phi) is 5.51. The van der Waals surface area contributed by atoms with E-state index < -0.39 is 30.4 Å². The van der Waals surface area contributed by atoms with Gasteiger partial charge in [0.1, 0.15) is 30.0 Å². The molecule has 0 aromatic carbocycles. The van der Waals surface area contributed by atoms with Gasteiger partial charge in [-0.25, -0.2) is 0 Å². The first-order chi connectivity index (χ1) is 20.2. The second-order valence-corrected chi connectivity index (χ2v) is 17.8. The molecule has 0 amide bonds. The lowest BCUT2D eigenvalue weighted by atomic mass is 9.45. The topological polar surface area (TPSA) is 110 Å². The summed E-state index contributed by atoms with van der Waals surface area (Å²) in [5.74, 6) is 0.983. The van der Waals surface area contributed by atoms with Gasteiger partial charge < -0.3 is 39.0 Å². The highest BCUT2D eigenvalue weighted by atomic mass is 16.8. The zero-order valence-electron chi connectivity index (χ0n) is 26.8. The molecular weight excluding hydrogens is 548 g/mol. The highest BCUT2D eigenvalue weighted by Crippen LogP contribution is 2.88. The molecule has 0 radical (unpaired) electrons. The predicted molar refractivity (Wildman–Crippen MR) is 155 cm³/mol. The molecule has 8 fully saturated rings. The molecule has 0 bridgehead atoms. The smallest absolute Gasteiger partial charge is 0.198 e. The first-order valence-electron chi connectivity index (χ1n) is 17.2. The maximum Gasteiger partial charge on any atom is 0.198 e. The van der Waals surface area contributed by atoms with Crippen molar-refractivity contribution in [1.29, 1.82) is 0 Å². The molecule has 4 heterocycles. The third-order valence-electron chi connectivity index (χ3n) is 15.6. The summed E-state index contributed by atoms with van der Waals surface area (Å²) in [5.41, 5.74) is 2.34. The standard InChI is InChI=1S/C35H52O8/c1-18-13-35(28-32(6,43-28)17-40-35)42-20-14-31(5)22-8-7-21-29(2,3)23(41-27-26(38)25(37)19(36)15-39-27)9-10-33(21)16-34(22,33)12-11-30(31,4)24(18)20/h8,18-21,23-28,36-38H,7,9-17H2,1-6H3/t18-,19-,20+,21+,23+,24+,25+,26-,27+,28+,30-,31+,32+,33-,34+,35-/m1/s1. The fraction of sp³-hybridized carbons (Fsp3) is 0.943. The average molecular weight is 601 g/mol. The van der Waals surface area contributed by atoms with Gasteiger partial charge in [0.05, 0.1) is 25.4 Å². The van der Waals surface area contributed by atoms with Crippen LogP contribution < -0.4 is 0 Å². The third kappa shape index (κ3) is 3.22. The molecule has 43 heavy (non-hydrogen) atoms. The zero-order chi connectivity index (χ0) is 30.2. The lowest BCUT2D eigenvalue weighted by molar-refractivity contribution is -0.304. The van der Waals surface area contributed by atoms with Crippen molar-refractivity contribution >= 4 is 0 Å². The van der Waals surface area contributed by atoms with Crippen molar-refractivity contribution in [3.63, 3.8) is 0 Å². The Morgan fingerprint density at radius 1 is 0.953 bits per heavy atom. The Labute approximate surface area is 255 Å². The lowest BCUT2D eigenvalue weighted by Gasteiger charge is -2.60. The molecule has 4 aliphatic heterocycles. The minimum atomic E-state index is -1.25. The Bertz CT molecular complexity index is 1270. The second kappa shape index (κ2) is 8.28. The van der Waals surface area contributed by atoms with Crippen LogP contribution in [0.3, 0.4) is 0 Å². The molecule has 0 aromatic heterocycles. The molecule has 9 rings (SSSR count). The van der Waals surface area contributed by atoms with Crippen LogP contribution in [0.25, 0.3) is 0 Å². The maximum atomic E-state index is 10.6. The molecule has 4 saturated carbocycles. The zero-order valence-corrected chi connectivity index (χ0v) is 26.8. The highest BCUT2D eigenvalue weighted by molar-refractivity contribution is 5.46. The number of hydrogen-bond donors (Lipinski definition) is 3. The molecule has 9 aliphatic rings. The normalized spacial score (nSPS) is 64.1. The number of aliphatic hydroxyl groups is 3. The summed E-state index contributed by atoms with van der Waals surface area (Å²) in [6, 6.07) is 0. The van der Waals surface area contributed by atoms with Gasteiger partial charge in [0.15, 0.2) is 12.1 Å². The Morgan fingerprint density at radius 3 is 2.47 bits per heavy atom. The van der Waals surface area contributed by atoms with Gasteiger partial charge in [-0.1, -0.05) is 46.3 Å². The van der Waals surface area contributed by atoms with Crippen LogP contribution in [-0.4, -0.2) is 82.8 Å². The Balaban J connectivity index is 1.00. The van der Waals surface area contributed by atoms with Gasteiger partial charge in [0.25, 0.3) is 0 Å². The van der Waals surface area contributed by atoms with Crippen LogP contribution in [0.1, 0.15) is 92.9 Å². The quantitative estimate of drug-likeness (QED) is 0.321. The van der Waals surface area contributed by atoms with Crippen molar-refractivity contribution in [2.75, 3.05) is 13.2 Å². The van der Waals surface area contributed by atoms with Gasteiger partial charge in [-0.3, -0.25) is 0 Å². The fourth-order valence-corrected chi connectivity index (χ4v) is 13.4. The molecule has 0 aromatic rings. The van der Waals surface area contributed by atoms with Gasteiger partial charge in [-0.15, -0.1) is 0 Å². The van der Waals surface area contributed by atoms with E-state index in [1.54, 1.807) is 5.57 Å². The molecule has 8 heteroatoms. The van der Waals surface area contributed by atoms with Gasteiger partial charge in [0, 0.05) is 6.42 Å². The third-order valence-corrected chi connectivity index (χ3v) is 15.6. The SMILES string of the molecule is C[C@@H]1C[C@@]2(OC[C@]3(C)O[C@H]23)O[C@H]2C[C@@]3(C)C4=CC[C@H]5C(C)(C)[C@@H](O[C@@H]6OC[C@@H](O)[C@H](O)[C@H]6O)CC[C@@]56C[C@@]46CC[C@]3(C)[C@@H]12. The first-order valence-corrected chi connectivity index (χ1v) is 17.2. The molecule has 240 valence electrons. The van der Waals surface area contributed by atoms with Crippen LogP contribution in [0.15, 0.2) is 11.6 Å². The number of fused-ring (bicyclic) bond motifs is 6. The minimum Gasteiger partial charge on any atom is -0.388 e. The van der Waals surface area contributed by atoms with E-state index >= 15 is 0 Å². The van der Waals surface area contributed by atoms with Crippen molar-refractivity contribution in [3.05, 3.63) is 11.6 Å². The summed E-state index contributed by atoms with van der Waals surface area (Å²) in [6.45, 7) is 15.1. The molecule has 5 aliphatic carbocycles. The Morgan fingerprint density at radius 2 is 1.74 bits per heavy atom. The maximum absolute atomic E-state index is 10.6. The fourth-order valence-electron chi connectivity index (χ4n) is 13.4. The molecule has 4 saturated heterocycles. The van der Waals surface area contributed by atoms with Gasteiger partial charge in [-0.05, 0) is 96.7 Å². The van der Waals surface area contributed by atoms with E-state index in [0.29, 0.717) is 29.8 Å². The van der Waals surface area contributed by atoms with Crippen molar-refractivity contribution in [2.45, 2.75) is 147 Å². The summed E-state index contributed by atoms with van der Waals surface area (Å²) >= 11 is 0. The van der Waals surface area contributed by atoms with E-state index in [2.05, 4.69) is 47.6 Å². The van der Waals surface area contributed by atoms with E-state index in [0.717, 1.165) is 32.1 Å². The van der Waals surface area contributed by atoms with E-state index in [1.165, 1.54) is 19.3 Å². The van der Waals surface area contributed by atoms with Crippen LogP contribution in [0.5, 0.6) is 0 Å². The van der Waals surface area contributed by atoms with E-state index in [1.807, 2.05) is 0 Å². The summed E-state index contributed by atoms with van der Waals surface area (Å²) in [5, 5.41) is 30.8. The van der Waals surface area contributed by atoms with Crippen molar-refractivity contribution in [3.8, 4) is 0 Å². The summed E-state index contributed by atoms with van der Waals surface area (Å²) in [4.78, 5) is 0. The van der Waals surface area contributed by atoms with Crippen molar-refractivity contribution < 1.29 is 39.0 Å². The van der Waals surface area contributed by atoms with Gasteiger partial charge in [-0.2, -0.15) is 0 Å². The summed E-state index contributed by atoms with van der Waals surface area (Å²) in [6.07, 6.45) is 7.24. The molecule has 8 nitrogen and oxygen atoms in total. The van der Waals surface area contributed by atoms with E-state index in [-0.39, 0.29) is 52.2 Å². The highest BCUT2D eigenvalue weighted by Gasteiger charge is 2.82. The monoisotopic (exact) mass is 600 g/mol. The van der Waals surface area contributed by atoms with Crippen LogP contribution in [0.2, 0.25) is 0 Å². The van der Waals surface area contributed by atoms with Crippen LogP contribution in [-0.2, 0) is 23.7 Å². The molecule has 3 spiro atoms. The number of aliphatic hydroxyl groups excluding tert-OH is 3. The molecule has 3 N–H and O–H groups in total. The number of allylic oxidation sites excluding steroid dienone is 2. The number of epoxide rings is 1. The number of hydrogen-bond acceptors (Lipinski definition) is 8. The average Bonchev–Trinajstić information content (AvgIpc) is 3.77. The predicted octanol–water partition coefficient (Wildman–Crippen LogP) is 4.09. The van der Waals surface area contributed by atoms with Crippen LogP contribution in [0.4, 0.5) is 0 Å². The molecule has 0 unspecified atom stereocenters. The first kappa shape index (κ1) is 28.6. The number of ether oxygens (including phenoxy) is 5. The van der Waals surface area contributed by atoms with Crippen LogP contribution >= 0.6 is 0 Å². The summed E-state index contributed by atoms with van der Waals surface area (Å²) < 4.78 is 31.8. The summed E-state index contributed by atoms with van der Waals surface area (Å²) in [7, 11) is 0. The van der Waals surface area contributed by atoms with E-state index in [9.17, 15) is 15.3 Å². The van der Waals surface area contributed by atoms with Crippen molar-refractivity contribution in [1.82, 2.24) is 0 Å². The van der Waals surface area contributed by atoms with Crippen LogP contribution in [0, 0.1) is 44.8 Å². The lowest BCUT2D eigenvalue weighted by Crippen LogP contribution is -2.58. The minimum absolute atomic E-state index is 0.0273. The number of rotatable bonds is 2. The largest absolute Gasteiger partial charge is 0.388 e. The van der Waals surface area contributed by atoms with E-state index in [4.69, 9.17) is 23.7 Å². The van der Waals surface area contributed by atoms with Gasteiger partial charge >= 0.3 is 0 Å². The molecular formula is C35H52O8. The molecule has 16 atom stereocenters. The van der Waals surface area contributed by atoms with Crippen molar-refractivity contribution in [2.24, 2.45) is 44.8 Å². The van der Waals surface area contributed by atoms with Gasteiger partial charge in [0.2, 0.25) is 0 Å². The second-order valence-electron chi connectivity index (χ2n) is 17.8. The Hall–Kier alpha value is -0.580.